The van der Waals surface area contributed by atoms with Gasteiger partial charge in [0.1, 0.15) is 0 Å². The van der Waals surface area contributed by atoms with Gasteiger partial charge in [0.15, 0.2) is 0 Å². The van der Waals surface area contributed by atoms with E-state index in [0.29, 0.717) is 12.8 Å². The maximum Gasteiger partial charge on any atom is 0.220 e. The summed E-state index contributed by atoms with van der Waals surface area (Å²) in [6.45, 7) is 4.38. The molecule has 2 atom stereocenters. The van der Waals surface area contributed by atoms with Crippen LogP contribution in [0, 0.1) is 0 Å². The van der Waals surface area contributed by atoms with Gasteiger partial charge in [0, 0.05) is 6.42 Å². The van der Waals surface area contributed by atoms with Crippen LogP contribution in [0.15, 0.2) is 0 Å². The van der Waals surface area contributed by atoms with Crippen molar-refractivity contribution in [1.82, 2.24) is 5.32 Å². The summed E-state index contributed by atoms with van der Waals surface area (Å²) in [6, 6.07) is -0.528. The van der Waals surface area contributed by atoms with Gasteiger partial charge in [-0.1, -0.05) is 226 Å². The Morgan fingerprint density at radius 3 is 0.978 bits per heavy atom. The molecule has 0 saturated carbocycles. The summed E-state index contributed by atoms with van der Waals surface area (Å²) in [5.74, 6) is -0.0264. The molecule has 0 aliphatic heterocycles. The van der Waals surface area contributed by atoms with Crippen LogP contribution in [-0.2, 0) is 4.79 Å². The number of nitrogens with one attached hydrogen (secondary N) is 1. The lowest BCUT2D eigenvalue weighted by atomic mass is 10.0. The van der Waals surface area contributed by atoms with Gasteiger partial charge in [0.05, 0.1) is 18.8 Å². The molecule has 46 heavy (non-hydrogen) atoms. The number of unbranched alkanes of at least 4 members (excludes halogenated alkanes) is 32. The first-order valence-corrected chi connectivity index (χ1v) is 21.2. The Labute approximate surface area is 289 Å². The Balaban J connectivity index is 3.48. The van der Waals surface area contributed by atoms with Crippen LogP contribution in [0.2, 0.25) is 0 Å². The third-order valence-corrected chi connectivity index (χ3v) is 10.1. The fourth-order valence-corrected chi connectivity index (χ4v) is 6.83. The van der Waals surface area contributed by atoms with Gasteiger partial charge >= 0.3 is 0 Å². The highest BCUT2D eigenvalue weighted by Gasteiger charge is 2.20. The Bertz CT molecular complexity index is 583. The highest BCUT2D eigenvalue weighted by atomic mass is 16.3. The Hall–Kier alpha value is -0.610. The van der Waals surface area contributed by atoms with Gasteiger partial charge in [-0.2, -0.15) is 0 Å². The smallest absolute Gasteiger partial charge is 0.220 e. The van der Waals surface area contributed by atoms with E-state index in [1.807, 2.05) is 0 Å². The number of rotatable bonds is 39. The zero-order valence-electron chi connectivity index (χ0n) is 31.6. The summed E-state index contributed by atoms with van der Waals surface area (Å²) in [7, 11) is 0. The van der Waals surface area contributed by atoms with E-state index in [9.17, 15) is 15.0 Å². The van der Waals surface area contributed by atoms with Crippen molar-refractivity contribution in [2.45, 2.75) is 257 Å². The highest BCUT2D eigenvalue weighted by Crippen LogP contribution is 2.17. The summed E-state index contributed by atoms with van der Waals surface area (Å²) < 4.78 is 0. The van der Waals surface area contributed by atoms with Crippen molar-refractivity contribution in [2.75, 3.05) is 6.61 Å². The molecule has 4 nitrogen and oxygen atoms in total. The maximum atomic E-state index is 12.4. The van der Waals surface area contributed by atoms with Crippen LogP contribution >= 0.6 is 0 Å². The number of hydrogen-bond donors (Lipinski definition) is 3. The van der Waals surface area contributed by atoms with E-state index in [2.05, 4.69) is 19.2 Å². The van der Waals surface area contributed by atoms with E-state index in [4.69, 9.17) is 0 Å². The second kappa shape index (κ2) is 38.8. The fraction of sp³-hybridized carbons (Fsp3) is 0.976. The molecule has 2 unspecified atom stereocenters. The van der Waals surface area contributed by atoms with Gasteiger partial charge in [-0.15, -0.1) is 0 Å². The van der Waals surface area contributed by atoms with Gasteiger partial charge in [0.25, 0.3) is 0 Å². The van der Waals surface area contributed by atoms with Gasteiger partial charge in [-0.25, -0.2) is 0 Å². The van der Waals surface area contributed by atoms with Crippen molar-refractivity contribution in [3.05, 3.63) is 0 Å². The lowest BCUT2D eigenvalue weighted by Gasteiger charge is -2.22. The van der Waals surface area contributed by atoms with E-state index < -0.39 is 12.1 Å². The molecule has 0 rings (SSSR count). The highest BCUT2D eigenvalue weighted by molar-refractivity contribution is 5.76. The first-order chi connectivity index (χ1) is 22.7. The first kappa shape index (κ1) is 45.4. The van der Waals surface area contributed by atoms with Gasteiger partial charge in [0.2, 0.25) is 5.91 Å². The second-order valence-corrected chi connectivity index (χ2v) is 14.8. The zero-order valence-corrected chi connectivity index (χ0v) is 31.6. The van der Waals surface area contributed by atoms with Crippen LogP contribution in [0.25, 0.3) is 0 Å². The Kier molecular flexibility index (Phi) is 38.3. The standard InChI is InChI=1S/C42H85NO3/c1-3-5-7-9-11-13-15-17-19-21-23-25-27-29-31-33-35-37-41(45)40(39-44)43-42(46)38-36-34-32-30-28-26-24-22-20-18-16-14-12-10-8-6-4-2/h40-41,44-45H,3-39H2,1-2H3,(H,43,46). The molecule has 0 radical (unpaired) electrons. The van der Waals surface area contributed by atoms with Crippen LogP contribution in [0.5, 0.6) is 0 Å². The quantitative estimate of drug-likeness (QED) is 0.0579. The molecular weight excluding hydrogens is 566 g/mol. The van der Waals surface area contributed by atoms with Crippen LogP contribution in [0.4, 0.5) is 0 Å². The summed E-state index contributed by atoms with van der Waals surface area (Å²) in [5.41, 5.74) is 0. The minimum Gasteiger partial charge on any atom is -0.394 e. The molecule has 0 aliphatic carbocycles. The van der Waals surface area contributed by atoms with Gasteiger partial charge < -0.3 is 15.5 Å². The monoisotopic (exact) mass is 652 g/mol. The van der Waals surface area contributed by atoms with E-state index >= 15 is 0 Å². The van der Waals surface area contributed by atoms with Gasteiger partial charge in [-0.3, -0.25) is 4.79 Å². The zero-order chi connectivity index (χ0) is 33.6. The topological polar surface area (TPSA) is 69.6 Å². The lowest BCUT2D eigenvalue weighted by molar-refractivity contribution is -0.123. The molecule has 0 fully saturated rings. The molecule has 0 aromatic heterocycles. The van der Waals surface area contributed by atoms with Crippen molar-refractivity contribution in [1.29, 1.82) is 0 Å². The van der Waals surface area contributed by atoms with Crippen molar-refractivity contribution < 1.29 is 15.0 Å². The van der Waals surface area contributed by atoms with Crippen LogP contribution in [0.3, 0.4) is 0 Å². The molecule has 1 amide bonds. The number of carbonyl (C=O) groups is 1. The molecule has 0 aromatic rings. The largest absolute Gasteiger partial charge is 0.394 e. The number of hydrogen-bond acceptors (Lipinski definition) is 3. The summed E-state index contributed by atoms with van der Waals surface area (Å²) in [6.07, 6.45) is 46.0. The minimum atomic E-state index is -0.652. The van der Waals surface area contributed by atoms with E-state index in [1.54, 1.807) is 0 Å². The van der Waals surface area contributed by atoms with Crippen LogP contribution in [-0.4, -0.2) is 34.9 Å². The fourth-order valence-electron chi connectivity index (χ4n) is 6.83. The lowest BCUT2D eigenvalue weighted by Crippen LogP contribution is -2.45. The molecule has 0 bridgehead atoms. The number of carbonyl (C=O) groups excluding carboxylic acids is 1. The second-order valence-electron chi connectivity index (χ2n) is 14.8. The molecule has 0 spiro atoms. The SMILES string of the molecule is CCCCCCCCCCCCCCCCCCCC(=O)NC(CO)C(O)CCCCCCCCCCCCCCCCCCC. The molecule has 0 heterocycles. The molecule has 0 aromatic carbocycles. The average molecular weight is 652 g/mol. The van der Waals surface area contributed by atoms with Crippen LogP contribution < -0.4 is 5.32 Å². The molecule has 0 aliphatic rings. The minimum absolute atomic E-state index is 0.0264. The summed E-state index contributed by atoms with van der Waals surface area (Å²) in [4.78, 5) is 12.4. The Morgan fingerprint density at radius 1 is 0.435 bits per heavy atom. The first-order valence-electron chi connectivity index (χ1n) is 21.2. The third kappa shape index (κ3) is 34.7. The number of amides is 1. The van der Waals surface area contributed by atoms with Crippen molar-refractivity contribution >= 4 is 5.91 Å². The summed E-state index contributed by atoms with van der Waals surface area (Å²) in [5, 5.41) is 23.2. The van der Waals surface area contributed by atoms with Crippen LogP contribution in [0.1, 0.15) is 245 Å². The van der Waals surface area contributed by atoms with E-state index in [-0.39, 0.29) is 12.5 Å². The van der Waals surface area contributed by atoms with Crippen molar-refractivity contribution in [3.8, 4) is 0 Å². The van der Waals surface area contributed by atoms with E-state index in [1.165, 1.54) is 193 Å². The number of aliphatic hydroxyl groups is 2. The molecule has 0 saturated heterocycles. The predicted octanol–water partition coefficient (Wildman–Crippen LogP) is 12.9. The maximum absolute atomic E-state index is 12.4. The molecule has 3 N–H and O–H groups in total. The van der Waals surface area contributed by atoms with Gasteiger partial charge in [-0.05, 0) is 12.8 Å². The predicted molar refractivity (Wildman–Crippen MR) is 203 cm³/mol. The summed E-state index contributed by atoms with van der Waals surface area (Å²) >= 11 is 0. The van der Waals surface area contributed by atoms with Crippen molar-refractivity contribution in [3.63, 3.8) is 0 Å². The third-order valence-electron chi connectivity index (χ3n) is 10.1. The molecule has 4 heteroatoms. The molecular formula is C42H85NO3. The normalized spacial score (nSPS) is 12.9. The van der Waals surface area contributed by atoms with E-state index in [0.717, 1.165) is 25.7 Å². The van der Waals surface area contributed by atoms with Crippen molar-refractivity contribution in [2.24, 2.45) is 0 Å². The number of aliphatic hydroxyl groups excluding tert-OH is 2. The molecule has 276 valence electrons. The Morgan fingerprint density at radius 2 is 0.696 bits per heavy atom. The average Bonchev–Trinajstić information content (AvgIpc) is 3.06.